The average Bonchev–Trinajstić information content (AvgIpc) is 2.99. The van der Waals surface area contributed by atoms with Crippen molar-refractivity contribution in [2.45, 2.75) is 5.92 Å². The fraction of sp³-hybridized carbons (Fsp3) is 0.0833. The lowest BCUT2D eigenvalue weighted by Crippen LogP contribution is -2.24. The molecule has 4 nitrogen and oxygen atoms in total. The van der Waals surface area contributed by atoms with E-state index in [2.05, 4.69) is 4.98 Å². The van der Waals surface area contributed by atoms with Gasteiger partial charge in [-0.05, 0) is 23.6 Å². The molecule has 1 aliphatic rings. The molecule has 0 N–H and O–H groups in total. The molecule has 0 saturated heterocycles. The lowest BCUT2D eigenvalue weighted by atomic mass is 10.00. The fourth-order valence-electron chi connectivity index (χ4n) is 1.94. The van der Waals surface area contributed by atoms with Crippen LogP contribution in [-0.2, 0) is 4.79 Å². The minimum Gasteiger partial charge on any atom is -0.292 e. The van der Waals surface area contributed by atoms with Gasteiger partial charge in [-0.1, -0.05) is 6.07 Å². The van der Waals surface area contributed by atoms with Crippen LogP contribution < -0.4 is 4.42 Å². The number of hydrogen-bond donors (Lipinski definition) is 0. The van der Waals surface area contributed by atoms with E-state index in [9.17, 15) is 9.59 Å². The zero-order valence-corrected chi connectivity index (χ0v) is 10.6. The molecule has 1 unspecified atom stereocenters. The fourth-order valence-corrected chi connectivity index (χ4v) is 2.88. The Labute approximate surface area is 112 Å². The summed E-state index contributed by atoms with van der Waals surface area (Å²) in [6.45, 7) is 0. The predicted molar refractivity (Wildman–Crippen MR) is 69.0 cm³/mol. The van der Waals surface area contributed by atoms with Crippen LogP contribution in [0.4, 0.5) is 5.69 Å². The summed E-state index contributed by atoms with van der Waals surface area (Å²) in [7, 11) is 0. The van der Waals surface area contributed by atoms with Gasteiger partial charge in [0, 0.05) is 18.0 Å². The molecular weight excluding hydrogens is 272 g/mol. The van der Waals surface area contributed by atoms with Crippen molar-refractivity contribution in [3.8, 4) is 0 Å². The Kier molecular flexibility index (Phi) is 2.65. The summed E-state index contributed by atoms with van der Waals surface area (Å²) in [5, 5.41) is 1.80. The molecule has 1 amide bonds. The molecule has 2 aromatic rings. The lowest BCUT2D eigenvalue weighted by Gasteiger charge is -2.06. The Morgan fingerprint density at radius 1 is 1.39 bits per heavy atom. The molecule has 0 fully saturated rings. The summed E-state index contributed by atoms with van der Waals surface area (Å²) in [6.07, 6.45) is 1.55. The second kappa shape index (κ2) is 4.19. The van der Waals surface area contributed by atoms with Crippen LogP contribution in [0.25, 0.3) is 0 Å². The van der Waals surface area contributed by atoms with E-state index in [0.717, 1.165) is 4.42 Å². The molecule has 1 atom stereocenters. The number of Topliss-reactive ketones (excluding diaryl/α,β-unsaturated/α-hetero) is 1. The van der Waals surface area contributed by atoms with Crippen LogP contribution >= 0.6 is 23.1 Å². The van der Waals surface area contributed by atoms with E-state index in [1.54, 1.807) is 35.8 Å². The number of pyridine rings is 1. The number of aromatic nitrogens is 1. The Morgan fingerprint density at radius 2 is 2.22 bits per heavy atom. The molecule has 1 aliphatic heterocycles. The maximum Gasteiger partial charge on any atom is 0.258 e. The van der Waals surface area contributed by atoms with Gasteiger partial charge in [-0.15, -0.1) is 11.3 Å². The number of hydrogen-bond acceptors (Lipinski definition) is 4. The van der Waals surface area contributed by atoms with Gasteiger partial charge in [0.1, 0.15) is 5.92 Å². The van der Waals surface area contributed by atoms with E-state index in [1.165, 1.54) is 11.3 Å². The highest BCUT2D eigenvalue weighted by Crippen LogP contribution is 2.39. The molecule has 0 bridgehead atoms. The van der Waals surface area contributed by atoms with Gasteiger partial charge in [0.25, 0.3) is 5.91 Å². The molecule has 18 heavy (non-hydrogen) atoms. The van der Waals surface area contributed by atoms with Gasteiger partial charge in [0.2, 0.25) is 0 Å². The first-order valence-corrected chi connectivity index (χ1v) is 6.44. The van der Waals surface area contributed by atoms with Crippen LogP contribution in [0.15, 0.2) is 35.8 Å². The molecule has 0 radical (unpaired) electrons. The molecule has 0 spiro atoms. The number of ketones is 1. The second-order valence-corrected chi connectivity index (χ2v) is 5.09. The topological polar surface area (TPSA) is 50.3 Å². The van der Waals surface area contributed by atoms with Gasteiger partial charge in [0.15, 0.2) is 5.78 Å². The first kappa shape index (κ1) is 11.4. The summed E-state index contributed by atoms with van der Waals surface area (Å²) in [4.78, 5) is 29.0. The van der Waals surface area contributed by atoms with E-state index in [-0.39, 0.29) is 5.78 Å². The molecule has 90 valence electrons. The quantitative estimate of drug-likeness (QED) is 0.482. The normalized spacial score (nSPS) is 17.9. The molecule has 0 saturated carbocycles. The second-order valence-electron chi connectivity index (χ2n) is 3.80. The van der Waals surface area contributed by atoms with Crippen molar-refractivity contribution in [3.05, 3.63) is 46.4 Å². The van der Waals surface area contributed by atoms with Crippen molar-refractivity contribution in [2.24, 2.45) is 0 Å². The number of anilines is 1. The van der Waals surface area contributed by atoms with Crippen molar-refractivity contribution in [1.29, 1.82) is 0 Å². The zero-order chi connectivity index (χ0) is 12.7. The number of thiophene rings is 1. The molecule has 3 rings (SSSR count). The van der Waals surface area contributed by atoms with Crippen LogP contribution in [0, 0.1) is 0 Å². The number of carbonyl (C=O) groups excluding carboxylic acids is 2. The van der Waals surface area contributed by atoms with Crippen molar-refractivity contribution < 1.29 is 9.59 Å². The third-order valence-corrected chi connectivity index (χ3v) is 4.00. The number of rotatable bonds is 2. The molecule has 6 heteroatoms. The van der Waals surface area contributed by atoms with Gasteiger partial charge in [-0.2, -0.15) is 0 Å². The Bertz CT molecular complexity index is 627. The first-order chi connectivity index (χ1) is 8.70. The van der Waals surface area contributed by atoms with Gasteiger partial charge < -0.3 is 0 Å². The molecule has 0 aromatic carbocycles. The van der Waals surface area contributed by atoms with Crippen LogP contribution in [0.5, 0.6) is 0 Å². The number of halogens is 1. The average molecular weight is 279 g/mol. The van der Waals surface area contributed by atoms with E-state index >= 15 is 0 Å². The van der Waals surface area contributed by atoms with Gasteiger partial charge in [-0.25, -0.2) is 4.42 Å². The summed E-state index contributed by atoms with van der Waals surface area (Å²) >= 11 is 7.19. The largest absolute Gasteiger partial charge is 0.292 e. The van der Waals surface area contributed by atoms with Crippen LogP contribution in [0.3, 0.4) is 0 Å². The third-order valence-electron chi connectivity index (χ3n) is 2.77. The van der Waals surface area contributed by atoms with Crippen molar-refractivity contribution in [3.63, 3.8) is 0 Å². The van der Waals surface area contributed by atoms with Crippen LogP contribution in [0.2, 0.25) is 0 Å². The number of fused-ring (bicyclic) bond motifs is 1. The minimum atomic E-state index is -0.919. The lowest BCUT2D eigenvalue weighted by molar-refractivity contribution is -0.117. The SMILES string of the molecule is O=C(c1cccs1)C1C(=O)N(Cl)c2cccnc21. The molecule has 3 heterocycles. The minimum absolute atomic E-state index is 0.252. The highest BCUT2D eigenvalue weighted by Gasteiger charge is 2.43. The Hall–Kier alpha value is -1.72. The molecule has 2 aromatic heterocycles. The highest BCUT2D eigenvalue weighted by atomic mass is 35.5. The zero-order valence-electron chi connectivity index (χ0n) is 9.04. The number of amides is 1. The monoisotopic (exact) mass is 278 g/mol. The van der Waals surface area contributed by atoms with Gasteiger partial charge in [-0.3, -0.25) is 14.6 Å². The smallest absolute Gasteiger partial charge is 0.258 e. The van der Waals surface area contributed by atoms with Gasteiger partial charge >= 0.3 is 0 Å². The van der Waals surface area contributed by atoms with E-state index in [4.69, 9.17) is 11.8 Å². The molecular formula is C12H7ClN2O2S. The standard InChI is InChI=1S/C12H7ClN2O2S/c13-15-7-3-1-5-14-10(7)9(12(15)17)11(16)8-4-2-6-18-8/h1-6,9H. The van der Waals surface area contributed by atoms with Crippen LogP contribution in [-0.4, -0.2) is 16.7 Å². The Morgan fingerprint density at radius 3 is 2.94 bits per heavy atom. The predicted octanol–water partition coefficient (Wildman–Crippen LogP) is 2.61. The van der Waals surface area contributed by atoms with Crippen molar-refractivity contribution >= 4 is 40.5 Å². The summed E-state index contributed by atoms with van der Waals surface area (Å²) in [6, 6.07) is 6.82. The molecule has 0 aliphatic carbocycles. The van der Waals surface area contributed by atoms with Gasteiger partial charge in [0.05, 0.1) is 16.3 Å². The first-order valence-electron chi connectivity index (χ1n) is 5.22. The number of carbonyl (C=O) groups is 2. The van der Waals surface area contributed by atoms with E-state index in [1.807, 2.05) is 0 Å². The summed E-state index contributed by atoms with van der Waals surface area (Å²) in [5.41, 5.74) is 0.912. The maximum atomic E-state index is 12.3. The Balaban J connectivity index is 2.08. The summed E-state index contributed by atoms with van der Waals surface area (Å²) in [5.74, 6) is -1.61. The number of nitrogens with zero attached hydrogens (tertiary/aromatic N) is 2. The van der Waals surface area contributed by atoms with Crippen LogP contribution in [0.1, 0.15) is 21.3 Å². The van der Waals surface area contributed by atoms with E-state index < -0.39 is 11.8 Å². The van der Waals surface area contributed by atoms with Crippen molar-refractivity contribution in [1.82, 2.24) is 4.98 Å². The van der Waals surface area contributed by atoms with E-state index in [0.29, 0.717) is 16.3 Å². The highest BCUT2D eigenvalue weighted by molar-refractivity contribution is 7.12. The third kappa shape index (κ3) is 1.55. The summed E-state index contributed by atoms with van der Waals surface area (Å²) < 4.78 is 0.971. The maximum absolute atomic E-state index is 12.3. The van der Waals surface area contributed by atoms with Crippen molar-refractivity contribution in [2.75, 3.05) is 4.42 Å².